The van der Waals surface area contributed by atoms with Gasteiger partial charge in [-0.05, 0) is 42.7 Å². The van der Waals surface area contributed by atoms with Crippen LogP contribution in [0.2, 0.25) is 0 Å². The van der Waals surface area contributed by atoms with Crippen molar-refractivity contribution >= 4 is 6.03 Å². The third-order valence-electron chi connectivity index (χ3n) is 5.96. The fourth-order valence-electron chi connectivity index (χ4n) is 4.06. The lowest BCUT2D eigenvalue weighted by atomic mass is 9.64. The molecule has 2 amide bonds. The topological polar surface area (TPSA) is 48.7 Å². The molecule has 6 heteroatoms. The summed E-state index contributed by atoms with van der Waals surface area (Å²) in [7, 11) is 0. The number of rotatable bonds is 5. The molecule has 0 bridgehead atoms. The van der Waals surface area contributed by atoms with Crippen LogP contribution in [0.4, 0.5) is 9.18 Å². The van der Waals surface area contributed by atoms with Gasteiger partial charge in [-0.15, -0.1) is 0 Å². The SMILES string of the molecule is O=C(NCC1(c2ccc(F)cc2)CCC1)N1CCN(Cc2ccco2)CC1. The molecule has 1 N–H and O–H groups in total. The van der Waals surface area contributed by atoms with E-state index in [1.807, 2.05) is 29.2 Å². The highest BCUT2D eigenvalue weighted by atomic mass is 19.1. The molecule has 2 aromatic rings. The van der Waals surface area contributed by atoms with Gasteiger partial charge in [0.25, 0.3) is 0 Å². The van der Waals surface area contributed by atoms with Crippen LogP contribution in [0.3, 0.4) is 0 Å². The lowest BCUT2D eigenvalue weighted by Gasteiger charge is -2.43. The van der Waals surface area contributed by atoms with E-state index in [4.69, 9.17) is 4.42 Å². The van der Waals surface area contributed by atoms with E-state index in [9.17, 15) is 9.18 Å². The van der Waals surface area contributed by atoms with Gasteiger partial charge in [-0.25, -0.2) is 9.18 Å². The minimum absolute atomic E-state index is 0.000959. The molecule has 4 rings (SSSR count). The Hall–Kier alpha value is -2.34. The van der Waals surface area contributed by atoms with Crippen molar-refractivity contribution in [2.45, 2.75) is 31.2 Å². The number of nitrogens with one attached hydrogen (secondary N) is 1. The Morgan fingerprint density at radius 1 is 1.11 bits per heavy atom. The Kier molecular flexibility index (Phi) is 5.16. The predicted molar refractivity (Wildman–Crippen MR) is 101 cm³/mol. The summed E-state index contributed by atoms with van der Waals surface area (Å²) in [6.45, 7) is 4.53. The summed E-state index contributed by atoms with van der Waals surface area (Å²) in [5, 5.41) is 3.12. The number of amides is 2. The first-order chi connectivity index (χ1) is 13.1. The Bertz CT molecular complexity index is 748. The lowest BCUT2D eigenvalue weighted by Crippen LogP contribution is -2.54. The molecule has 0 spiro atoms. The number of furan rings is 1. The molecule has 1 aliphatic heterocycles. The number of carbonyl (C=O) groups excluding carboxylic acids is 1. The molecular weight excluding hydrogens is 345 g/mol. The van der Waals surface area contributed by atoms with Gasteiger partial charge in [0.05, 0.1) is 12.8 Å². The summed E-state index contributed by atoms with van der Waals surface area (Å²) in [5.74, 6) is 0.740. The van der Waals surface area contributed by atoms with E-state index in [0.717, 1.165) is 63.3 Å². The van der Waals surface area contributed by atoms with Crippen molar-refractivity contribution in [1.29, 1.82) is 0 Å². The van der Waals surface area contributed by atoms with Crippen molar-refractivity contribution in [2.75, 3.05) is 32.7 Å². The van der Waals surface area contributed by atoms with Gasteiger partial charge >= 0.3 is 6.03 Å². The van der Waals surface area contributed by atoms with Gasteiger partial charge in [-0.1, -0.05) is 18.6 Å². The number of hydrogen-bond donors (Lipinski definition) is 1. The first-order valence-electron chi connectivity index (χ1n) is 9.68. The summed E-state index contributed by atoms with van der Waals surface area (Å²) in [5.41, 5.74) is 1.09. The van der Waals surface area contributed by atoms with Crippen LogP contribution >= 0.6 is 0 Å². The summed E-state index contributed by atoms with van der Waals surface area (Å²) in [4.78, 5) is 16.8. The van der Waals surface area contributed by atoms with Crippen LogP contribution in [0.5, 0.6) is 0 Å². The molecule has 1 aliphatic carbocycles. The van der Waals surface area contributed by atoms with Gasteiger partial charge in [0.15, 0.2) is 0 Å². The predicted octanol–water partition coefficient (Wildman–Crippen LogP) is 3.37. The first-order valence-corrected chi connectivity index (χ1v) is 9.68. The van der Waals surface area contributed by atoms with Crippen LogP contribution in [0.15, 0.2) is 47.1 Å². The zero-order chi connectivity index (χ0) is 18.7. The summed E-state index contributed by atoms with van der Waals surface area (Å²) in [6.07, 6.45) is 4.92. The fraction of sp³-hybridized carbons (Fsp3) is 0.476. The molecular formula is C21H26FN3O2. The second-order valence-corrected chi connectivity index (χ2v) is 7.64. The highest BCUT2D eigenvalue weighted by molar-refractivity contribution is 5.74. The molecule has 1 saturated carbocycles. The zero-order valence-corrected chi connectivity index (χ0v) is 15.5. The number of nitrogens with zero attached hydrogens (tertiary/aromatic N) is 2. The number of hydrogen-bond acceptors (Lipinski definition) is 3. The van der Waals surface area contributed by atoms with Crippen molar-refractivity contribution in [1.82, 2.24) is 15.1 Å². The maximum Gasteiger partial charge on any atom is 0.317 e. The van der Waals surface area contributed by atoms with Gasteiger partial charge in [-0.3, -0.25) is 4.90 Å². The van der Waals surface area contributed by atoms with Gasteiger partial charge in [0.2, 0.25) is 0 Å². The van der Waals surface area contributed by atoms with E-state index in [-0.39, 0.29) is 17.3 Å². The average Bonchev–Trinajstić information content (AvgIpc) is 3.15. The Morgan fingerprint density at radius 3 is 2.44 bits per heavy atom. The summed E-state index contributed by atoms with van der Waals surface area (Å²) in [6, 6.07) is 10.6. The van der Waals surface area contributed by atoms with Gasteiger partial charge in [-0.2, -0.15) is 0 Å². The van der Waals surface area contributed by atoms with E-state index in [1.54, 1.807) is 6.26 Å². The van der Waals surface area contributed by atoms with Gasteiger partial charge < -0.3 is 14.6 Å². The van der Waals surface area contributed by atoms with E-state index in [0.29, 0.717) is 6.54 Å². The Morgan fingerprint density at radius 2 is 1.85 bits per heavy atom. The third-order valence-corrected chi connectivity index (χ3v) is 5.96. The molecule has 27 heavy (non-hydrogen) atoms. The van der Waals surface area contributed by atoms with E-state index in [1.165, 1.54) is 12.1 Å². The quantitative estimate of drug-likeness (QED) is 0.877. The minimum atomic E-state index is -0.218. The van der Waals surface area contributed by atoms with E-state index in [2.05, 4.69) is 10.2 Å². The van der Waals surface area contributed by atoms with Crippen molar-refractivity contribution in [3.8, 4) is 0 Å². The summed E-state index contributed by atoms with van der Waals surface area (Å²) < 4.78 is 18.6. The van der Waals surface area contributed by atoms with Crippen molar-refractivity contribution in [3.63, 3.8) is 0 Å². The molecule has 144 valence electrons. The highest BCUT2D eigenvalue weighted by Gasteiger charge is 2.39. The number of urea groups is 1. The fourth-order valence-corrected chi connectivity index (χ4v) is 4.06. The maximum absolute atomic E-state index is 13.2. The van der Waals surface area contributed by atoms with Gasteiger partial charge in [0, 0.05) is 38.1 Å². The number of halogens is 1. The Labute approximate surface area is 159 Å². The third kappa shape index (κ3) is 4.00. The van der Waals surface area contributed by atoms with Crippen LogP contribution in [0, 0.1) is 5.82 Å². The molecule has 2 aliphatic rings. The second kappa shape index (κ2) is 7.72. The monoisotopic (exact) mass is 371 g/mol. The van der Waals surface area contributed by atoms with E-state index < -0.39 is 0 Å². The van der Waals surface area contributed by atoms with Crippen LogP contribution in [-0.2, 0) is 12.0 Å². The number of carbonyl (C=O) groups is 1. The number of piperazine rings is 1. The number of benzene rings is 1. The minimum Gasteiger partial charge on any atom is -0.468 e. The molecule has 1 aromatic heterocycles. The molecule has 0 unspecified atom stereocenters. The first kappa shape index (κ1) is 18.0. The Balaban J connectivity index is 1.27. The van der Waals surface area contributed by atoms with Crippen LogP contribution in [-0.4, -0.2) is 48.6 Å². The van der Waals surface area contributed by atoms with Crippen LogP contribution in [0.25, 0.3) is 0 Å². The smallest absolute Gasteiger partial charge is 0.317 e. The molecule has 0 atom stereocenters. The van der Waals surface area contributed by atoms with Crippen molar-refractivity contribution < 1.29 is 13.6 Å². The van der Waals surface area contributed by atoms with Crippen molar-refractivity contribution in [2.24, 2.45) is 0 Å². The second-order valence-electron chi connectivity index (χ2n) is 7.64. The standard InChI is InChI=1S/C21H26FN3O2/c22-18-6-4-17(5-7-18)21(8-2-9-21)16-23-20(26)25-12-10-24(11-13-25)15-19-3-1-14-27-19/h1,3-7,14H,2,8-13,15-16H2,(H,23,26). The molecule has 2 heterocycles. The lowest BCUT2D eigenvalue weighted by molar-refractivity contribution is 0.126. The largest absolute Gasteiger partial charge is 0.468 e. The normalized spacial score (nSPS) is 19.5. The van der Waals surface area contributed by atoms with Crippen LogP contribution < -0.4 is 5.32 Å². The molecule has 1 saturated heterocycles. The average molecular weight is 371 g/mol. The molecule has 0 radical (unpaired) electrons. The van der Waals surface area contributed by atoms with Crippen molar-refractivity contribution in [3.05, 3.63) is 59.8 Å². The van der Waals surface area contributed by atoms with Crippen LogP contribution in [0.1, 0.15) is 30.6 Å². The molecule has 2 fully saturated rings. The van der Waals surface area contributed by atoms with Gasteiger partial charge in [0.1, 0.15) is 11.6 Å². The maximum atomic E-state index is 13.2. The summed E-state index contributed by atoms with van der Waals surface area (Å²) >= 11 is 0. The molecule has 1 aromatic carbocycles. The van der Waals surface area contributed by atoms with E-state index >= 15 is 0 Å². The molecule has 5 nitrogen and oxygen atoms in total. The highest BCUT2D eigenvalue weighted by Crippen LogP contribution is 2.43. The zero-order valence-electron chi connectivity index (χ0n) is 15.5.